The van der Waals surface area contributed by atoms with Crippen LogP contribution in [-0.2, 0) is 4.79 Å². The van der Waals surface area contributed by atoms with Crippen molar-refractivity contribution in [1.29, 1.82) is 0 Å². The van der Waals surface area contributed by atoms with E-state index in [1.165, 1.54) is 0 Å². The zero-order chi connectivity index (χ0) is 13.2. The Labute approximate surface area is 112 Å². The van der Waals surface area contributed by atoms with Crippen molar-refractivity contribution in [3.8, 4) is 11.5 Å². The minimum absolute atomic E-state index is 0.00150. The summed E-state index contributed by atoms with van der Waals surface area (Å²) >= 11 is 0. The summed E-state index contributed by atoms with van der Waals surface area (Å²) < 4.78 is 11.1. The molecular formula is C14H18N2O3. The molecule has 3 rings (SSSR count). The van der Waals surface area contributed by atoms with Gasteiger partial charge in [0.05, 0.1) is 5.69 Å². The van der Waals surface area contributed by atoms with Gasteiger partial charge in [-0.15, -0.1) is 0 Å². The van der Waals surface area contributed by atoms with Crippen LogP contribution in [-0.4, -0.2) is 32.2 Å². The third-order valence-corrected chi connectivity index (χ3v) is 3.76. The van der Waals surface area contributed by atoms with E-state index in [1.54, 1.807) is 0 Å². The van der Waals surface area contributed by atoms with Crippen molar-refractivity contribution >= 4 is 11.6 Å². The molecule has 1 aromatic carbocycles. The van der Waals surface area contributed by atoms with E-state index in [1.807, 2.05) is 25.1 Å². The van der Waals surface area contributed by atoms with Gasteiger partial charge >= 0.3 is 0 Å². The minimum Gasteiger partial charge on any atom is -0.486 e. The molecule has 1 amide bonds. The lowest BCUT2D eigenvalue weighted by Gasteiger charge is -2.32. The number of nitrogens with one attached hydrogen (secondary N) is 2. The van der Waals surface area contributed by atoms with Gasteiger partial charge in [-0.2, -0.15) is 0 Å². The molecular weight excluding hydrogens is 244 g/mol. The van der Waals surface area contributed by atoms with E-state index in [-0.39, 0.29) is 11.8 Å². The average molecular weight is 262 g/mol. The van der Waals surface area contributed by atoms with Gasteiger partial charge in [0.2, 0.25) is 5.91 Å². The second-order valence-corrected chi connectivity index (χ2v) is 5.03. The van der Waals surface area contributed by atoms with Crippen LogP contribution >= 0.6 is 0 Å². The second kappa shape index (κ2) is 5.09. The van der Waals surface area contributed by atoms with Crippen LogP contribution in [0.4, 0.5) is 5.69 Å². The quantitative estimate of drug-likeness (QED) is 0.860. The predicted octanol–water partition coefficient (Wildman–Crippen LogP) is 1.25. The number of hydrogen-bond acceptors (Lipinski definition) is 4. The zero-order valence-electron chi connectivity index (χ0n) is 10.9. The summed E-state index contributed by atoms with van der Waals surface area (Å²) in [6, 6.07) is 5.55. The van der Waals surface area contributed by atoms with Gasteiger partial charge in [0, 0.05) is 5.92 Å². The van der Waals surface area contributed by atoms with Gasteiger partial charge in [-0.05, 0) is 31.1 Å². The van der Waals surface area contributed by atoms with Crippen LogP contribution in [0.1, 0.15) is 6.92 Å². The van der Waals surface area contributed by atoms with Gasteiger partial charge in [0.15, 0.2) is 11.5 Å². The molecule has 1 unspecified atom stereocenters. The molecule has 0 spiro atoms. The first kappa shape index (κ1) is 12.3. The van der Waals surface area contributed by atoms with Gasteiger partial charge in [-0.1, -0.05) is 13.0 Å². The number of rotatable bonds is 3. The van der Waals surface area contributed by atoms with Gasteiger partial charge in [0.1, 0.15) is 13.2 Å². The van der Waals surface area contributed by atoms with E-state index in [0.29, 0.717) is 36.3 Å². The van der Waals surface area contributed by atoms with Crippen LogP contribution in [0.3, 0.4) is 0 Å². The Hall–Kier alpha value is -1.75. The smallest absolute Gasteiger partial charge is 0.227 e. The molecule has 2 aliphatic rings. The number of fused-ring (bicyclic) bond motifs is 1. The number of ether oxygens (including phenoxy) is 2. The molecule has 19 heavy (non-hydrogen) atoms. The highest BCUT2D eigenvalue weighted by Crippen LogP contribution is 2.37. The molecule has 2 N–H and O–H groups in total. The molecule has 1 saturated heterocycles. The molecule has 0 bridgehead atoms. The molecule has 1 atom stereocenters. The first-order chi connectivity index (χ1) is 9.25. The topological polar surface area (TPSA) is 59.6 Å². The number of carbonyl (C=O) groups is 1. The van der Waals surface area contributed by atoms with Crippen molar-refractivity contribution in [2.24, 2.45) is 11.8 Å². The van der Waals surface area contributed by atoms with E-state index in [0.717, 1.165) is 13.1 Å². The van der Waals surface area contributed by atoms with Crippen LogP contribution in [0, 0.1) is 11.8 Å². The number of anilines is 1. The molecule has 102 valence electrons. The fourth-order valence-electron chi connectivity index (χ4n) is 2.30. The third-order valence-electron chi connectivity index (χ3n) is 3.76. The second-order valence-electron chi connectivity index (χ2n) is 5.03. The van der Waals surface area contributed by atoms with Crippen molar-refractivity contribution in [2.75, 3.05) is 31.6 Å². The third kappa shape index (κ3) is 2.38. The summed E-state index contributed by atoms with van der Waals surface area (Å²) in [4.78, 5) is 12.2. The maximum Gasteiger partial charge on any atom is 0.227 e. The lowest BCUT2D eigenvalue weighted by Crippen LogP contribution is -2.48. The molecule has 1 fully saturated rings. The molecule has 1 aromatic rings. The maximum atomic E-state index is 12.2. The first-order valence-electron chi connectivity index (χ1n) is 6.66. The number of para-hydroxylation sites is 1. The zero-order valence-corrected chi connectivity index (χ0v) is 10.9. The van der Waals surface area contributed by atoms with Crippen LogP contribution < -0.4 is 20.1 Å². The van der Waals surface area contributed by atoms with E-state index in [2.05, 4.69) is 10.6 Å². The Bertz CT molecular complexity index is 486. The van der Waals surface area contributed by atoms with Crippen molar-refractivity contribution in [3.63, 3.8) is 0 Å². The normalized spacial score (nSPS) is 19.4. The lowest BCUT2D eigenvalue weighted by molar-refractivity contribution is -0.121. The highest BCUT2D eigenvalue weighted by Gasteiger charge is 2.29. The first-order valence-corrected chi connectivity index (χ1v) is 6.66. The lowest BCUT2D eigenvalue weighted by atomic mass is 9.88. The van der Waals surface area contributed by atoms with Crippen molar-refractivity contribution in [2.45, 2.75) is 6.92 Å². The summed E-state index contributed by atoms with van der Waals surface area (Å²) in [6.45, 7) is 4.87. The molecule has 0 radical (unpaired) electrons. The summed E-state index contributed by atoms with van der Waals surface area (Å²) in [7, 11) is 0. The SMILES string of the molecule is CC(C(=O)Nc1cccc2c1OCCO2)C1CNC1. The van der Waals surface area contributed by atoms with Crippen LogP contribution in [0.15, 0.2) is 18.2 Å². The largest absolute Gasteiger partial charge is 0.486 e. The van der Waals surface area contributed by atoms with Gasteiger partial charge in [-0.3, -0.25) is 4.79 Å². The fraction of sp³-hybridized carbons (Fsp3) is 0.500. The van der Waals surface area contributed by atoms with Crippen LogP contribution in [0.25, 0.3) is 0 Å². The summed E-state index contributed by atoms with van der Waals surface area (Å²) in [5, 5.41) is 6.13. The van der Waals surface area contributed by atoms with E-state index in [4.69, 9.17) is 9.47 Å². The number of hydrogen-bond donors (Lipinski definition) is 2. The number of benzene rings is 1. The highest BCUT2D eigenvalue weighted by molar-refractivity contribution is 5.94. The van der Waals surface area contributed by atoms with Crippen LogP contribution in [0.5, 0.6) is 11.5 Å². The Kier molecular flexibility index (Phi) is 3.29. The van der Waals surface area contributed by atoms with Gasteiger partial charge in [0.25, 0.3) is 0 Å². The Morgan fingerprint density at radius 2 is 2.16 bits per heavy atom. The van der Waals surface area contributed by atoms with Crippen LogP contribution in [0.2, 0.25) is 0 Å². The van der Waals surface area contributed by atoms with Crippen molar-refractivity contribution in [3.05, 3.63) is 18.2 Å². The monoisotopic (exact) mass is 262 g/mol. The number of carbonyl (C=O) groups excluding carboxylic acids is 1. The van der Waals surface area contributed by atoms with E-state index >= 15 is 0 Å². The highest BCUT2D eigenvalue weighted by atomic mass is 16.6. The summed E-state index contributed by atoms with van der Waals surface area (Å²) in [5.41, 5.74) is 0.696. The summed E-state index contributed by atoms with van der Waals surface area (Å²) in [5.74, 6) is 1.80. The van der Waals surface area contributed by atoms with Crippen molar-refractivity contribution in [1.82, 2.24) is 5.32 Å². The van der Waals surface area contributed by atoms with Gasteiger partial charge < -0.3 is 20.1 Å². The number of amides is 1. The molecule has 5 heteroatoms. The fourth-order valence-corrected chi connectivity index (χ4v) is 2.30. The molecule has 0 saturated carbocycles. The summed E-state index contributed by atoms with van der Waals surface area (Å²) in [6.07, 6.45) is 0. The maximum absolute atomic E-state index is 12.2. The Balaban J connectivity index is 1.74. The average Bonchev–Trinajstić information content (AvgIpc) is 2.37. The molecule has 0 aromatic heterocycles. The van der Waals surface area contributed by atoms with E-state index in [9.17, 15) is 4.79 Å². The molecule has 5 nitrogen and oxygen atoms in total. The van der Waals surface area contributed by atoms with Crippen molar-refractivity contribution < 1.29 is 14.3 Å². The standard InChI is InChI=1S/C14H18N2O3/c1-9(10-7-15-8-10)14(17)16-11-3-2-4-12-13(11)19-6-5-18-12/h2-4,9-10,15H,5-8H2,1H3,(H,16,17). The Morgan fingerprint density at radius 3 is 2.89 bits per heavy atom. The molecule has 2 aliphatic heterocycles. The molecule has 2 heterocycles. The van der Waals surface area contributed by atoms with Gasteiger partial charge in [-0.25, -0.2) is 0 Å². The minimum atomic E-state index is 0.00150. The Morgan fingerprint density at radius 1 is 1.37 bits per heavy atom. The predicted molar refractivity (Wildman–Crippen MR) is 71.6 cm³/mol. The van der Waals surface area contributed by atoms with E-state index < -0.39 is 0 Å². The molecule has 0 aliphatic carbocycles.